The number of aryl methyl sites for hydroxylation is 1. The van der Waals surface area contributed by atoms with E-state index >= 15 is 0 Å². The highest BCUT2D eigenvalue weighted by Gasteiger charge is 2.30. The number of carbonyl (C=O) groups excluding carboxylic acids is 1. The van der Waals surface area contributed by atoms with Crippen molar-refractivity contribution in [1.82, 2.24) is 30.0 Å². The molecular formula is C23H21ClN6O3. The number of aromatic amines is 1. The van der Waals surface area contributed by atoms with Gasteiger partial charge in [-0.3, -0.25) is 9.89 Å². The van der Waals surface area contributed by atoms with Gasteiger partial charge in [0.2, 0.25) is 0 Å². The Morgan fingerprint density at radius 2 is 2.00 bits per heavy atom. The van der Waals surface area contributed by atoms with Crippen molar-refractivity contribution in [2.45, 2.75) is 19.9 Å². The molecule has 0 aliphatic carbocycles. The number of benzene rings is 1. The molecule has 0 spiro atoms. The van der Waals surface area contributed by atoms with E-state index in [2.05, 4.69) is 15.2 Å². The number of hydrogen-bond acceptors (Lipinski definition) is 5. The molecule has 1 unspecified atom stereocenters. The van der Waals surface area contributed by atoms with E-state index in [4.69, 9.17) is 16.6 Å². The lowest BCUT2D eigenvalue weighted by atomic mass is 10.1. The van der Waals surface area contributed by atoms with Gasteiger partial charge in [0, 0.05) is 59.5 Å². The number of nitrogens with zero attached hydrogens (tertiary/aromatic N) is 5. The summed E-state index contributed by atoms with van der Waals surface area (Å²) >= 11 is 6.55. The van der Waals surface area contributed by atoms with Crippen molar-refractivity contribution >= 4 is 45.5 Å². The molecule has 1 saturated heterocycles. The molecule has 0 bridgehead atoms. The molecule has 1 aliphatic heterocycles. The summed E-state index contributed by atoms with van der Waals surface area (Å²) in [4.78, 5) is 36.6. The zero-order valence-electron chi connectivity index (χ0n) is 18.0. The van der Waals surface area contributed by atoms with Crippen LogP contribution in [0.4, 0.5) is 4.79 Å². The van der Waals surface area contributed by atoms with Crippen LogP contribution in [0.15, 0.2) is 36.5 Å². The number of amides is 2. The lowest BCUT2D eigenvalue weighted by molar-refractivity contribution is 0.0507. The molecule has 1 aliphatic rings. The molecule has 0 radical (unpaired) electrons. The summed E-state index contributed by atoms with van der Waals surface area (Å²) in [5, 5.41) is 18.5. The number of pyridine rings is 2. The Morgan fingerprint density at radius 1 is 1.18 bits per heavy atom. The lowest BCUT2D eigenvalue weighted by Crippen LogP contribution is -2.55. The molecule has 9 nitrogen and oxygen atoms in total. The van der Waals surface area contributed by atoms with Gasteiger partial charge in [0.25, 0.3) is 5.91 Å². The molecule has 1 atom stereocenters. The summed E-state index contributed by atoms with van der Waals surface area (Å²) in [6.07, 6.45) is 0.732. The molecule has 4 heterocycles. The predicted octanol–water partition coefficient (Wildman–Crippen LogP) is 3.96. The van der Waals surface area contributed by atoms with Crippen molar-refractivity contribution in [3.05, 3.63) is 52.8 Å². The fraction of sp³-hybridized carbons (Fsp3) is 0.261. The molecule has 4 aromatic rings. The fourth-order valence-electron chi connectivity index (χ4n) is 4.24. The van der Waals surface area contributed by atoms with Crippen LogP contribution in [0, 0.1) is 6.92 Å². The van der Waals surface area contributed by atoms with E-state index in [0.29, 0.717) is 40.5 Å². The number of carbonyl (C=O) groups is 2. The van der Waals surface area contributed by atoms with Gasteiger partial charge in [0.05, 0.1) is 16.2 Å². The normalized spacial score (nSPS) is 16.5. The number of rotatable bonds is 2. The summed E-state index contributed by atoms with van der Waals surface area (Å²) in [5.41, 5.74) is 4.08. The average molecular weight is 465 g/mol. The molecule has 2 N–H and O–H groups in total. The van der Waals surface area contributed by atoms with Gasteiger partial charge < -0.3 is 14.9 Å². The smallest absolute Gasteiger partial charge is 0.407 e. The van der Waals surface area contributed by atoms with Crippen LogP contribution in [0.25, 0.3) is 33.2 Å². The molecular weight excluding hydrogens is 444 g/mol. The quantitative estimate of drug-likeness (QED) is 0.464. The van der Waals surface area contributed by atoms with E-state index in [1.165, 1.54) is 4.90 Å². The average Bonchev–Trinajstić information content (AvgIpc) is 3.18. The number of H-pyrrole nitrogens is 1. The SMILES string of the molecule is Cc1[nH]nc2ncc(-c3cc(Cl)c4ccc(C(=O)N5CCN(C(=O)O)C(C)C5)cc4n3)cc12. The van der Waals surface area contributed by atoms with Crippen LogP contribution >= 0.6 is 11.6 Å². The Hall–Kier alpha value is -3.72. The number of halogens is 1. The maximum absolute atomic E-state index is 13.1. The van der Waals surface area contributed by atoms with Crippen LogP contribution in [-0.2, 0) is 0 Å². The molecule has 168 valence electrons. The second-order valence-corrected chi connectivity index (χ2v) is 8.65. The third-order valence-corrected chi connectivity index (χ3v) is 6.38. The van der Waals surface area contributed by atoms with Crippen molar-refractivity contribution in [2.75, 3.05) is 19.6 Å². The minimum Gasteiger partial charge on any atom is -0.465 e. The molecule has 1 aromatic carbocycles. The zero-order chi connectivity index (χ0) is 23.3. The van der Waals surface area contributed by atoms with Gasteiger partial charge in [0.1, 0.15) is 0 Å². The van der Waals surface area contributed by atoms with Crippen molar-refractivity contribution in [1.29, 1.82) is 0 Å². The van der Waals surface area contributed by atoms with E-state index < -0.39 is 6.09 Å². The minimum atomic E-state index is -0.968. The van der Waals surface area contributed by atoms with Crippen molar-refractivity contribution in [3.8, 4) is 11.3 Å². The molecule has 5 rings (SSSR count). The van der Waals surface area contributed by atoms with E-state index in [1.807, 2.05) is 13.0 Å². The van der Waals surface area contributed by atoms with Crippen LogP contribution in [0.5, 0.6) is 0 Å². The Balaban J connectivity index is 1.49. The highest BCUT2D eigenvalue weighted by Crippen LogP contribution is 2.30. The first kappa shape index (κ1) is 21.1. The van der Waals surface area contributed by atoms with Gasteiger partial charge in [-0.25, -0.2) is 14.8 Å². The van der Waals surface area contributed by atoms with Gasteiger partial charge >= 0.3 is 6.09 Å². The molecule has 1 fully saturated rings. The van der Waals surface area contributed by atoms with Gasteiger partial charge in [-0.15, -0.1) is 0 Å². The van der Waals surface area contributed by atoms with Crippen molar-refractivity contribution in [3.63, 3.8) is 0 Å². The monoisotopic (exact) mass is 464 g/mol. The largest absolute Gasteiger partial charge is 0.465 e. The molecule has 2 amide bonds. The highest BCUT2D eigenvalue weighted by atomic mass is 35.5. The van der Waals surface area contributed by atoms with Crippen molar-refractivity contribution < 1.29 is 14.7 Å². The Labute approximate surface area is 194 Å². The van der Waals surface area contributed by atoms with Crippen LogP contribution in [0.2, 0.25) is 5.02 Å². The van der Waals surface area contributed by atoms with Crippen LogP contribution in [0.3, 0.4) is 0 Å². The number of fused-ring (bicyclic) bond motifs is 2. The molecule has 3 aromatic heterocycles. The van der Waals surface area contributed by atoms with Gasteiger partial charge in [0.15, 0.2) is 5.65 Å². The summed E-state index contributed by atoms with van der Waals surface area (Å²) in [6, 6.07) is 8.74. The summed E-state index contributed by atoms with van der Waals surface area (Å²) in [5.74, 6) is -0.158. The number of piperazine rings is 1. The molecule has 33 heavy (non-hydrogen) atoms. The fourth-order valence-corrected chi connectivity index (χ4v) is 4.50. The molecule has 10 heteroatoms. The summed E-state index contributed by atoms with van der Waals surface area (Å²) < 4.78 is 0. The standard InChI is InChI=1S/C23H21ClN6O3/c1-12-11-29(5-6-30(12)23(32)33)22(31)14-3-4-16-18(24)9-19(26-20(16)8-14)15-7-17-13(2)27-28-21(17)25-10-15/h3-4,7-10,12H,5-6,11H2,1-2H3,(H,32,33)(H,25,27,28). The Morgan fingerprint density at radius 3 is 2.76 bits per heavy atom. The first-order chi connectivity index (χ1) is 15.8. The summed E-state index contributed by atoms with van der Waals surface area (Å²) in [7, 11) is 0. The maximum Gasteiger partial charge on any atom is 0.407 e. The van der Waals surface area contributed by atoms with E-state index in [9.17, 15) is 14.7 Å². The number of carboxylic acid groups (broad SMARTS) is 1. The van der Waals surface area contributed by atoms with Gasteiger partial charge in [-0.05, 0) is 38.1 Å². The second-order valence-electron chi connectivity index (χ2n) is 8.24. The zero-order valence-corrected chi connectivity index (χ0v) is 18.8. The number of hydrogen-bond donors (Lipinski definition) is 2. The first-order valence-corrected chi connectivity index (χ1v) is 10.9. The summed E-state index contributed by atoms with van der Waals surface area (Å²) in [6.45, 7) is 4.70. The third kappa shape index (κ3) is 3.74. The number of aromatic nitrogens is 4. The minimum absolute atomic E-state index is 0.158. The van der Waals surface area contributed by atoms with E-state index in [0.717, 1.165) is 22.0 Å². The first-order valence-electron chi connectivity index (χ1n) is 10.5. The van der Waals surface area contributed by atoms with Gasteiger partial charge in [-0.2, -0.15) is 5.10 Å². The topological polar surface area (TPSA) is 115 Å². The number of nitrogens with one attached hydrogen (secondary N) is 1. The van der Waals surface area contributed by atoms with Crippen LogP contribution in [0.1, 0.15) is 23.0 Å². The van der Waals surface area contributed by atoms with Crippen LogP contribution < -0.4 is 0 Å². The van der Waals surface area contributed by atoms with Gasteiger partial charge in [-0.1, -0.05) is 17.7 Å². The Kier molecular flexibility index (Phi) is 5.13. The third-order valence-electron chi connectivity index (χ3n) is 6.06. The van der Waals surface area contributed by atoms with E-state index in [1.54, 1.807) is 42.3 Å². The molecule has 0 saturated carbocycles. The second kappa shape index (κ2) is 8.00. The highest BCUT2D eigenvalue weighted by molar-refractivity contribution is 6.35. The Bertz CT molecular complexity index is 1420. The lowest BCUT2D eigenvalue weighted by Gasteiger charge is -2.38. The van der Waals surface area contributed by atoms with Crippen molar-refractivity contribution in [2.24, 2.45) is 0 Å². The van der Waals surface area contributed by atoms with E-state index in [-0.39, 0.29) is 18.5 Å². The maximum atomic E-state index is 13.1. The van der Waals surface area contributed by atoms with Crippen LogP contribution in [-0.4, -0.2) is 72.7 Å². The predicted molar refractivity (Wildman–Crippen MR) is 124 cm³/mol.